The Bertz CT molecular complexity index is 842. The lowest BCUT2D eigenvalue weighted by atomic mass is 9.98. The number of ether oxygens (including phenoxy) is 1. The maximum Gasteiger partial charge on any atom is 0.226 e. The quantitative estimate of drug-likeness (QED) is 0.660. The maximum atomic E-state index is 12.6. The Morgan fingerprint density at radius 1 is 1.03 bits per heavy atom. The van der Waals surface area contributed by atoms with Crippen LogP contribution in [0.25, 0.3) is 0 Å². The molecule has 0 atom stereocenters. The zero-order valence-corrected chi connectivity index (χ0v) is 18.3. The average molecular weight is 397 g/mol. The lowest BCUT2D eigenvalue weighted by molar-refractivity contribution is -0.117. The molecule has 0 aliphatic heterocycles. The number of hydrogen-bond acceptors (Lipinski definition) is 3. The van der Waals surface area contributed by atoms with Crippen molar-refractivity contribution in [3.05, 3.63) is 53.6 Å². The van der Waals surface area contributed by atoms with Crippen LogP contribution in [0.3, 0.4) is 0 Å². The highest BCUT2D eigenvalue weighted by Gasteiger charge is 2.16. The number of para-hydroxylation sites is 1. The van der Waals surface area contributed by atoms with Gasteiger partial charge in [-0.3, -0.25) is 9.59 Å². The Labute approximate surface area is 174 Å². The number of benzene rings is 2. The van der Waals surface area contributed by atoms with E-state index < -0.39 is 0 Å². The van der Waals surface area contributed by atoms with E-state index in [0.717, 1.165) is 28.3 Å². The van der Waals surface area contributed by atoms with Gasteiger partial charge in [0.05, 0.1) is 6.10 Å². The molecule has 0 aliphatic rings. The standard InChI is InChI=1S/C24H32N2O3/c1-16(2)22-9-7-8-18(5)24(22)25-23(28)14-15-26(19(6)27)20-10-12-21(13-11-20)29-17(3)4/h7-13,16-17H,14-15H2,1-6H3,(H,25,28). The first-order chi connectivity index (χ1) is 13.7. The number of anilines is 2. The molecule has 0 spiro atoms. The van der Waals surface area contributed by atoms with Crippen molar-refractivity contribution in [3.63, 3.8) is 0 Å². The van der Waals surface area contributed by atoms with Crippen LogP contribution in [-0.2, 0) is 9.59 Å². The summed E-state index contributed by atoms with van der Waals surface area (Å²) in [6.45, 7) is 12.0. The predicted molar refractivity (Wildman–Crippen MR) is 119 cm³/mol. The number of nitrogens with zero attached hydrogens (tertiary/aromatic N) is 1. The predicted octanol–water partition coefficient (Wildman–Crippen LogP) is 5.29. The van der Waals surface area contributed by atoms with E-state index in [4.69, 9.17) is 4.74 Å². The van der Waals surface area contributed by atoms with Crippen LogP contribution in [0.1, 0.15) is 58.1 Å². The molecule has 0 unspecified atom stereocenters. The van der Waals surface area contributed by atoms with E-state index in [1.807, 2.05) is 63.2 Å². The molecule has 0 saturated heterocycles. The van der Waals surface area contributed by atoms with Crippen molar-refractivity contribution in [2.24, 2.45) is 0 Å². The second-order valence-electron chi connectivity index (χ2n) is 7.82. The van der Waals surface area contributed by atoms with Gasteiger partial charge in [-0.25, -0.2) is 0 Å². The minimum absolute atomic E-state index is 0.0885. The van der Waals surface area contributed by atoms with Crippen LogP contribution < -0.4 is 15.0 Å². The molecule has 5 nitrogen and oxygen atoms in total. The van der Waals surface area contributed by atoms with Gasteiger partial charge in [-0.05, 0) is 62.1 Å². The highest BCUT2D eigenvalue weighted by atomic mass is 16.5. The van der Waals surface area contributed by atoms with Crippen LogP contribution in [0.4, 0.5) is 11.4 Å². The molecule has 0 heterocycles. The van der Waals surface area contributed by atoms with E-state index in [9.17, 15) is 9.59 Å². The molecule has 156 valence electrons. The van der Waals surface area contributed by atoms with Gasteiger partial charge in [-0.1, -0.05) is 32.0 Å². The van der Waals surface area contributed by atoms with Gasteiger partial charge in [-0.15, -0.1) is 0 Å². The summed E-state index contributed by atoms with van der Waals surface area (Å²) in [7, 11) is 0. The molecule has 0 aromatic heterocycles. The molecule has 2 aromatic rings. The van der Waals surface area contributed by atoms with Gasteiger partial charge in [0.1, 0.15) is 5.75 Å². The highest BCUT2D eigenvalue weighted by molar-refractivity contribution is 5.95. The Morgan fingerprint density at radius 3 is 2.24 bits per heavy atom. The van der Waals surface area contributed by atoms with Crippen molar-refractivity contribution in [1.82, 2.24) is 0 Å². The molecule has 0 radical (unpaired) electrons. The van der Waals surface area contributed by atoms with Crippen molar-refractivity contribution < 1.29 is 14.3 Å². The number of aryl methyl sites for hydroxylation is 1. The monoisotopic (exact) mass is 396 g/mol. The fraction of sp³-hybridized carbons (Fsp3) is 0.417. The Morgan fingerprint density at radius 2 is 1.69 bits per heavy atom. The second-order valence-corrected chi connectivity index (χ2v) is 7.82. The number of carbonyl (C=O) groups excluding carboxylic acids is 2. The van der Waals surface area contributed by atoms with Crippen LogP contribution in [0.5, 0.6) is 5.75 Å². The summed E-state index contributed by atoms with van der Waals surface area (Å²) >= 11 is 0. The van der Waals surface area contributed by atoms with E-state index in [1.165, 1.54) is 6.92 Å². The first kappa shape index (κ1) is 22.5. The molecule has 0 aliphatic carbocycles. The Kier molecular flexibility index (Phi) is 7.82. The fourth-order valence-electron chi connectivity index (χ4n) is 3.20. The van der Waals surface area contributed by atoms with E-state index in [2.05, 4.69) is 19.2 Å². The lowest BCUT2D eigenvalue weighted by Crippen LogP contribution is -2.32. The van der Waals surface area contributed by atoms with Crippen LogP contribution in [0.15, 0.2) is 42.5 Å². The van der Waals surface area contributed by atoms with Crippen molar-refractivity contribution in [2.45, 2.75) is 60.0 Å². The molecular weight excluding hydrogens is 364 g/mol. The smallest absolute Gasteiger partial charge is 0.226 e. The minimum Gasteiger partial charge on any atom is -0.491 e. The largest absolute Gasteiger partial charge is 0.491 e. The fourth-order valence-corrected chi connectivity index (χ4v) is 3.20. The summed E-state index contributed by atoms with van der Waals surface area (Å²) in [5.41, 5.74) is 3.77. The first-order valence-corrected chi connectivity index (χ1v) is 10.1. The summed E-state index contributed by atoms with van der Waals surface area (Å²) < 4.78 is 5.65. The molecular formula is C24H32N2O3. The molecule has 0 fully saturated rings. The molecule has 2 rings (SSSR count). The van der Waals surface area contributed by atoms with Gasteiger partial charge in [0.2, 0.25) is 11.8 Å². The van der Waals surface area contributed by atoms with Crippen LogP contribution >= 0.6 is 0 Å². The van der Waals surface area contributed by atoms with Gasteiger partial charge < -0.3 is 15.0 Å². The van der Waals surface area contributed by atoms with Gasteiger partial charge in [0.25, 0.3) is 0 Å². The van der Waals surface area contributed by atoms with Gasteiger partial charge in [-0.2, -0.15) is 0 Å². The summed E-state index contributed by atoms with van der Waals surface area (Å²) in [5.74, 6) is 0.859. The molecule has 2 aromatic carbocycles. The SMILES string of the molecule is CC(=O)N(CCC(=O)Nc1c(C)cccc1C(C)C)c1ccc(OC(C)C)cc1. The maximum absolute atomic E-state index is 12.6. The summed E-state index contributed by atoms with van der Waals surface area (Å²) in [6, 6.07) is 13.4. The average Bonchev–Trinajstić information content (AvgIpc) is 2.64. The highest BCUT2D eigenvalue weighted by Crippen LogP contribution is 2.27. The van der Waals surface area contributed by atoms with E-state index in [-0.39, 0.29) is 24.3 Å². The third kappa shape index (κ3) is 6.34. The zero-order chi connectivity index (χ0) is 21.6. The van der Waals surface area contributed by atoms with Gasteiger partial charge >= 0.3 is 0 Å². The zero-order valence-electron chi connectivity index (χ0n) is 18.3. The van der Waals surface area contributed by atoms with Crippen LogP contribution in [0.2, 0.25) is 0 Å². The lowest BCUT2D eigenvalue weighted by Gasteiger charge is -2.22. The van der Waals surface area contributed by atoms with E-state index >= 15 is 0 Å². The minimum atomic E-state index is -0.104. The van der Waals surface area contributed by atoms with Crippen LogP contribution in [-0.4, -0.2) is 24.5 Å². The molecule has 29 heavy (non-hydrogen) atoms. The van der Waals surface area contributed by atoms with Crippen molar-refractivity contribution in [3.8, 4) is 5.75 Å². The van der Waals surface area contributed by atoms with E-state index in [1.54, 1.807) is 4.90 Å². The van der Waals surface area contributed by atoms with Crippen molar-refractivity contribution >= 4 is 23.2 Å². The van der Waals surface area contributed by atoms with E-state index in [0.29, 0.717) is 12.5 Å². The third-order valence-corrected chi connectivity index (χ3v) is 4.65. The van der Waals surface area contributed by atoms with Gasteiger partial charge in [0.15, 0.2) is 0 Å². The molecule has 2 amide bonds. The summed E-state index contributed by atoms with van der Waals surface area (Å²) in [4.78, 5) is 26.4. The Balaban J connectivity index is 2.06. The Hall–Kier alpha value is -2.82. The molecule has 0 bridgehead atoms. The van der Waals surface area contributed by atoms with Crippen molar-refractivity contribution in [1.29, 1.82) is 0 Å². The second kappa shape index (κ2) is 10.1. The number of amides is 2. The van der Waals surface area contributed by atoms with Crippen LogP contribution in [0, 0.1) is 6.92 Å². The van der Waals surface area contributed by atoms with Gasteiger partial charge in [0, 0.05) is 31.3 Å². The van der Waals surface area contributed by atoms with Crippen molar-refractivity contribution in [2.75, 3.05) is 16.8 Å². The number of hydrogen-bond donors (Lipinski definition) is 1. The normalized spacial score (nSPS) is 10.9. The first-order valence-electron chi connectivity index (χ1n) is 10.1. The molecule has 5 heteroatoms. The molecule has 0 saturated carbocycles. The third-order valence-electron chi connectivity index (χ3n) is 4.65. The number of rotatable bonds is 8. The number of carbonyl (C=O) groups is 2. The summed E-state index contributed by atoms with van der Waals surface area (Å²) in [6.07, 6.45) is 0.306. The number of nitrogens with one attached hydrogen (secondary N) is 1. The summed E-state index contributed by atoms with van der Waals surface area (Å²) in [5, 5.41) is 3.04. The molecule has 1 N–H and O–H groups in total. The topological polar surface area (TPSA) is 58.6 Å².